The minimum absolute atomic E-state index is 0.0733. The van der Waals surface area contributed by atoms with Crippen LogP contribution in [0.25, 0.3) is 27.9 Å². The number of halogens is 3. The first kappa shape index (κ1) is 24.9. The van der Waals surface area contributed by atoms with Crippen LogP contribution >= 0.6 is 0 Å². The third-order valence-corrected chi connectivity index (χ3v) is 6.18. The summed E-state index contributed by atoms with van der Waals surface area (Å²) in [4.78, 5) is 17.8. The van der Waals surface area contributed by atoms with E-state index in [1.165, 1.54) is 22.2 Å². The second-order valence-corrected chi connectivity index (χ2v) is 8.52. The summed E-state index contributed by atoms with van der Waals surface area (Å²) in [6, 6.07) is 19.7. The van der Waals surface area contributed by atoms with Crippen LogP contribution < -0.4 is 5.56 Å². The van der Waals surface area contributed by atoms with Gasteiger partial charge in [0.25, 0.3) is 5.56 Å². The summed E-state index contributed by atoms with van der Waals surface area (Å²) in [5, 5.41) is 27.5. The fourth-order valence-corrected chi connectivity index (χ4v) is 4.34. The lowest BCUT2D eigenvalue weighted by Crippen LogP contribution is -2.30. The van der Waals surface area contributed by atoms with Crippen LogP contribution in [0.4, 0.5) is 13.2 Å². The first-order valence-electron chi connectivity index (χ1n) is 11.4. The van der Waals surface area contributed by atoms with Gasteiger partial charge in [-0.25, -0.2) is 14.2 Å². The highest BCUT2D eigenvalue weighted by Gasteiger charge is 2.33. The van der Waals surface area contributed by atoms with Gasteiger partial charge < -0.3 is 5.11 Å². The Kier molecular flexibility index (Phi) is 6.26. The zero-order valence-corrected chi connectivity index (χ0v) is 19.9. The molecule has 0 radical (unpaired) electrons. The van der Waals surface area contributed by atoms with E-state index in [1.54, 1.807) is 54.6 Å². The van der Waals surface area contributed by atoms with E-state index in [0.717, 1.165) is 6.07 Å². The van der Waals surface area contributed by atoms with Gasteiger partial charge >= 0.3 is 6.18 Å². The molecule has 1 N–H and O–H groups in total. The number of aliphatic hydroxyl groups is 1. The van der Waals surface area contributed by atoms with Gasteiger partial charge in [0.15, 0.2) is 11.5 Å². The largest absolute Gasteiger partial charge is 0.433 e. The molecule has 5 aromatic rings. The van der Waals surface area contributed by atoms with E-state index in [9.17, 15) is 28.3 Å². The molecule has 0 aliphatic carbocycles. The average Bonchev–Trinajstić information content (AvgIpc) is 3.34. The molecule has 0 amide bonds. The van der Waals surface area contributed by atoms with Gasteiger partial charge in [-0.2, -0.15) is 18.4 Å². The Balaban J connectivity index is 1.82. The Morgan fingerprint density at radius 2 is 1.63 bits per heavy atom. The van der Waals surface area contributed by atoms with Gasteiger partial charge in [-0.3, -0.25) is 4.79 Å². The van der Waals surface area contributed by atoms with Crippen molar-refractivity contribution in [1.82, 2.24) is 24.4 Å². The molecule has 38 heavy (non-hydrogen) atoms. The maximum atomic E-state index is 14.2. The summed E-state index contributed by atoms with van der Waals surface area (Å²) < 4.78 is 42.2. The molecule has 0 aliphatic heterocycles. The van der Waals surface area contributed by atoms with Crippen LogP contribution in [0.3, 0.4) is 0 Å². The molecule has 0 atom stereocenters. The Labute approximate surface area is 213 Å². The van der Waals surface area contributed by atoms with Crippen LogP contribution in [0.5, 0.6) is 0 Å². The van der Waals surface area contributed by atoms with E-state index in [0.29, 0.717) is 27.8 Å². The highest BCUT2D eigenvalue weighted by molar-refractivity contribution is 5.91. The second-order valence-electron chi connectivity index (χ2n) is 8.52. The number of fused-ring (bicyclic) bond motifs is 1. The van der Waals surface area contributed by atoms with E-state index in [1.807, 2.05) is 0 Å². The standard InChI is InChI=1S/C27H19F3N6O2/c1-16-20(11-12-21(32-16)27(28,29)30)14-35-26(38)24(18-5-3-2-4-6-18)23(19-9-7-17(13-31)8-10-19)25-34-33-22(15-37)36(25)35/h2-12,37H,14-15H2,1H3. The highest BCUT2D eigenvalue weighted by atomic mass is 19.4. The molecule has 0 unspecified atom stereocenters. The molecule has 0 saturated carbocycles. The SMILES string of the molecule is Cc1nc(C(F)(F)F)ccc1Cn1c(=O)c(-c2ccccc2)c(-c2ccc(C#N)cc2)c2nnc(CO)n21. The van der Waals surface area contributed by atoms with Gasteiger partial charge in [0, 0.05) is 11.3 Å². The van der Waals surface area contributed by atoms with E-state index in [4.69, 9.17) is 0 Å². The number of aryl methyl sites for hydroxylation is 1. The number of hydrogen-bond acceptors (Lipinski definition) is 6. The maximum absolute atomic E-state index is 14.2. The second kappa shape index (κ2) is 9.57. The number of hydrogen-bond donors (Lipinski definition) is 1. The Morgan fingerprint density at radius 1 is 0.947 bits per heavy atom. The number of pyridine rings is 1. The lowest BCUT2D eigenvalue weighted by Gasteiger charge is -2.18. The van der Waals surface area contributed by atoms with Crippen molar-refractivity contribution in [1.29, 1.82) is 5.26 Å². The number of rotatable bonds is 5. The summed E-state index contributed by atoms with van der Waals surface area (Å²) >= 11 is 0. The molecule has 0 spiro atoms. The van der Waals surface area contributed by atoms with Gasteiger partial charge in [0.05, 0.1) is 23.7 Å². The van der Waals surface area contributed by atoms with Crippen LogP contribution in [0.1, 0.15) is 28.3 Å². The monoisotopic (exact) mass is 516 g/mol. The van der Waals surface area contributed by atoms with Gasteiger partial charge in [-0.15, -0.1) is 10.2 Å². The number of nitriles is 1. The van der Waals surface area contributed by atoms with Crippen molar-refractivity contribution < 1.29 is 18.3 Å². The number of benzene rings is 2. The van der Waals surface area contributed by atoms with Crippen molar-refractivity contribution in [2.45, 2.75) is 26.3 Å². The molecule has 3 heterocycles. The minimum Gasteiger partial charge on any atom is -0.388 e. The molecular weight excluding hydrogens is 497 g/mol. The molecule has 8 nitrogen and oxygen atoms in total. The van der Waals surface area contributed by atoms with Crippen molar-refractivity contribution >= 4 is 5.65 Å². The molecule has 5 rings (SSSR count). The predicted octanol–water partition coefficient (Wildman–Crippen LogP) is 4.36. The summed E-state index contributed by atoms with van der Waals surface area (Å²) in [5.74, 6) is 0.0733. The first-order chi connectivity index (χ1) is 18.2. The number of aliphatic hydroxyl groups excluding tert-OH is 1. The molecule has 0 fully saturated rings. The fraction of sp³-hybridized carbons (Fsp3) is 0.148. The van der Waals surface area contributed by atoms with Crippen molar-refractivity contribution in [2.75, 3.05) is 0 Å². The third kappa shape index (κ3) is 4.31. The number of nitrogens with zero attached hydrogens (tertiary/aromatic N) is 6. The van der Waals surface area contributed by atoms with Gasteiger partial charge in [-0.1, -0.05) is 48.5 Å². The van der Waals surface area contributed by atoms with Gasteiger partial charge in [-0.05, 0) is 41.8 Å². The van der Waals surface area contributed by atoms with E-state index in [-0.39, 0.29) is 29.3 Å². The Morgan fingerprint density at radius 3 is 2.24 bits per heavy atom. The van der Waals surface area contributed by atoms with Gasteiger partial charge in [0.1, 0.15) is 12.3 Å². The van der Waals surface area contributed by atoms with E-state index >= 15 is 0 Å². The Hall–Kier alpha value is -4.82. The number of alkyl halides is 3. The van der Waals surface area contributed by atoms with Crippen molar-refractivity contribution in [3.63, 3.8) is 0 Å². The zero-order chi connectivity index (χ0) is 27.0. The molecule has 11 heteroatoms. The average molecular weight is 516 g/mol. The van der Waals surface area contributed by atoms with Gasteiger partial charge in [0.2, 0.25) is 0 Å². The first-order valence-corrected chi connectivity index (χ1v) is 11.4. The quantitative estimate of drug-likeness (QED) is 0.372. The zero-order valence-electron chi connectivity index (χ0n) is 19.9. The molecule has 3 aromatic heterocycles. The van der Waals surface area contributed by atoms with Crippen molar-refractivity contribution in [2.24, 2.45) is 0 Å². The molecule has 0 bridgehead atoms. The predicted molar refractivity (Wildman–Crippen MR) is 132 cm³/mol. The molecule has 190 valence electrons. The molecule has 0 saturated heterocycles. The summed E-state index contributed by atoms with van der Waals surface area (Å²) in [6.45, 7) is 0.752. The smallest absolute Gasteiger partial charge is 0.388 e. The fourth-order valence-electron chi connectivity index (χ4n) is 4.34. The third-order valence-electron chi connectivity index (χ3n) is 6.18. The topological polar surface area (TPSA) is 109 Å². The van der Waals surface area contributed by atoms with Crippen molar-refractivity contribution in [3.05, 3.63) is 105 Å². The van der Waals surface area contributed by atoms with Crippen LogP contribution in [0.15, 0.2) is 71.5 Å². The Bertz CT molecular complexity index is 1750. The van der Waals surface area contributed by atoms with Crippen molar-refractivity contribution in [3.8, 4) is 28.3 Å². The lowest BCUT2D eigenvalue weighted by atomic mass is 9.96. The lowest BCUT2D eigenvalue weighted by molar-refractivity contribution is -0.141. The highest BCUT2D eigenvalue weighted by Crippen LogP contribution is 2.33. The van der Waals surface area contributed by atoms with E-state index in [2.05, 4.69) is 21.3 Å². The number of aromatic nitrogens is 5. The molecular formula is C27H19F3N6O2. The molecule has 0 aliphatic rings. The van der Waals surface area contributed by atoms with Crippen LogP contribution in [-0.2, 0) is 19.3 Å². The summed E-state index contributed by atoms with van der Waals surface area (Å²) in [5.41, 5.74) is 1.59. The normalized spacial score (nSPS) is 11.6. The van der Waals surface area contributed by atoms with Crippen LogP contribution in [0.2, 0.25) is 0 Å². The maximum Gasteiger partial charge on any atom is 0.433 e. The molecule has 2 aromatic carbocycles. The van der Waals surface area contributed by atoms with E-state index < -0.39 is 24.0 Å². The minimum atomic E-state index is -4.60. The van der Waals surface area contributed by atoms with Crippen LogP contribution in [-0.4, -0.2) is 29.5 Å². The van der Waals surface area contributed by atoms with Crippen LogP contribution in [0, 0.1) is 18.3 Å². The summed E-state index contributed by atoms with van der Waals surface area (Å²) in [7, 11) is 0. The summed E-state index contributed by atoms with van der Waals surface area (Å²) in [6.07, 6.45) is -4.60.